The highest BCUT2D eigenvalue weighted by Gasteiger charge is 2.34. The van der Waals surface area contributed by atoms with E-state index in [0.717, 1.165) is 18.7 Å². The van der Waals surface area contributed by atoms with Gasteiger partial charge in [-0.15, -0.1) is 0 Å². The maximum atomic E-state index is 14.8. The van der Waals surface area contributed by atoms with Crippen LogP contribution in [0.5, 0.6) is 0 Å². The van der Waals surface area contributed by atoms with Crippen molar-refractivity contribution in [2.45, 2.75) is 52.7 Å². The van der Waals surface area contributed by atoms with E-state index < -0.39 is 17.3 Å². The molecule has 0 radical (unpaired) electrons. The highest BCUT2D eigenvalue weighted by Crippen LogP contribution is 2.30. The predicted octanol–water partition coefficient (Wildman–Crippen LogP) is 3.34. The van der Waals surface area contributed by atoms with Crippen molar-refractivity contribution in [1.29, 1.82) is 0 Å². The molecule has 0 unspecified atom stereocenters. The number of benzene rings is 1. The minimum atomic E-state index is -0.669. The third kappa shape index (κ3) is 5.73. The van der Waals surface area contributed by atoms with Crippen LogP contribution in [0.3, 0.4) is 0 Å². The SMILES string of the molecule is CN1CCCn2c(-c3ccc(Cl)cc3F)nc(CC(=O)N[C@H](C(=O)N(C)C)C(C)(C)C)c2C1. The lowest BCUT2D eigenvalue weighted by Gasteiger charge is -2.32. The highest BCUT2D eigenvalue weighted by molar-refractivity contribution is 6.30. The van der Waals surface area contributed by atoms with Gasteiger partial charge in [0.05, 0.1) is 23.4 Å². The standard InChI is InChI=1S/C24H33ClFN5O2/c1-24(2,3)21(23(33)29(4)5)28-20(32)13-18-19-14-30(6)10-7-11-31(19)22(27-18)16-9-8-15(25)12-17(16)26/h8-9,12,21H,7,10-11,13-14H2,1-6H3,(H,28,32)/t21-/m1/s1. The average Bonchev–Trinajstić information content (AvgIpc) is 2.89. The van der Waals surface area contributed by atoms with Gasteiger partial charge in [0.15, 0.2) is 0 Å². The Hall–Kier alpha value is -2.45. The first-order valence-electron chi connectivity index (χ1n) is 11.1. The Balaban J connectivity index is 1.96. The van der Waals surface area contributed by atoms with Crippen molar-refractivity contribution in [2.75, 3.05) is 27.7 Å². The second-order valence-electron chi connectivity index (χ2n) is 9.97. The fourth-order valence-corrected chi connectivity index (χ4v) is 4.24. The van der Waals surface area contributed by atoms with Crippen LogP contribution in [-0.2, 0) is 29.1 Å². The number of rotatable bonds is 5. The molecule has 0 saturated carbocycles. The number of carbonyl (C=O) groups is 2. The van der Waals surface area contributed by atoms with Crippen LogP contribution in [-0.4, -0.2) is 64.9 Å². The van der Waals surface area contributed by atoms with Crippen molar-refractivity contribution in [3.05, 3.63) is 40.4 Å². The Morgan fingerprint density at radius 1 is 1.27 bits per heavy atom. The maximum absolute atomic E-state index is 14.8. The van der Waals surface area contributed by atoms with E-state index in [-0.39, 0.29) is 18.2 Å². The fraction of sp³-hybridized carbons (Fsp3) is 0.542. The van der Waals surface area contributed by atoms with Crippen molar-refractivity contribution < 1.29 is 14.0 Å². The van der Waals surface area contributed by atoms with E-state index in [1.807, 2.05) is 32.4 Å². The molecule has 0 aliphatic carbocycles. The van der Waals surface area contributed by atoms with Gasteiger partial charge in [-0.3, -0.25) is 9.59 Å². The molecule has 1 aromatic heterocycles. The molecule has 1 aliphatic heterocycles. The number of carbonyl (C=O) groups excluding carboxylic acids is 2. The summed E-state index contributed by atoms with van der Waals surface area (Å²) in [6.45, 7) is 7.91. The molecule has 2 amide bonds. The van der Waals surface area contributed by atoms with Crippen molar-refractivity contribution in [3.63, 3.8) is 0 Å². The Labute approximate surface area is 199 Å². The van der Waals surface area contributed by atoms with E-state index in [9.17, 15) is 14.0 Å². The average molecular weight is 478 g/mol. The van der Waals surface area contributed by atoms with E-state index in [4.69, 9.17) is 16.6 Å². The third-order valence-corrected chi connectivity index (χ3v) is 6.09. The molecule has 2 heterocycles. The predicted molar refractivity (Wildman–Crippen MR) is 127 cm³/mol. The summed E-state index contributed by atoms with van der Waals surface area (Å²) in [7, 11) is 5.36. The van der Waals surface area contributed by atoms with Gasteiger partial charge in [0, 0.05) is 32.2 Å². The second-order valence-corrected chi connectivity index (χ2v) is 10.4. The van der Waals surface area contributed by atoms with Crippen LogP contribution >= 0.6 is 11.6 Å². The fourth-order valence-electron chi connectivity index (χ4n) is 4.08. The van der Waals surface area contributed by atoms with Gasteiger partial charge in [-0.1, -0.05) is 32.4 Å². The molecule has 0 spiro atoms. The second kappa shape index (κ2) is 9.81. The number of fused-ring (bicyclic) bond motifs is 1. The molecule has 0 saturated heterocycles. The molecule has 180 valence electrons. The molecule has 1 N–H and O–H groups in total. The Bertz CT molecular complexity index is 1040. The van der Waals surface area contributed by atoms with Crippen LogP contribution in [0.15, 0.2) is 18.2 Å². The number of imidazole rings is 1. The van der Waals surface area contributed by atoms with Crippen molar-refractivity contribution >= 4 is 23.4 Å². The Kier molecular flexibility index (Phi) is 7.49. The number of hydrogen-bond donors (Lipinski definition) is 1. The summed E-state index contributed by atoms with van der Waals surface area (Å²) in [6.07, 6.45) is 0.892. The lowest BCUT2D eigenvalue weighted by atomic mass is 9.85. The number of hydrogen-bond acceptors (Lipinski definition) is 4. The zero-order valence-corrected chi connectivity index (χ0v) is 21.0. The van der Waals surface area contributed by atoms with Crippen LogP contribution in [0, 0.1) is 11.2 Å². The minimum absolute atomic E-state index is 0.00563. The van der Waals surface area contributed by atoms with Gasteiger partial charge in [-0.05, 0) is 43.6 Å². The maximum Gasteiger partial charge on any atom is 0.245 e. The molecule has 0 bridgehead atoms. The summed E-state index contributed by atoms with van der Waals surface area (Å²) in [5.74, 6) is -0.411. The van der Waals surface area contributed by atoms with Gasteiger partial charge in [-0.2, -0.15) is 0 Å². The molecule has 2 aromatic rings. The van der Waals surface area contributed by atoms with E-state index >= 15 is 0 Å². The van der Waals surface area contributed by atoms with Gasteiger partial charge in [-0.25, -0.2) is 9.37 Å². The summed E-state index contributed by atoms with van der Waals surface area (Å²) in [6, 6.07) is 3.86. The van der Waals surface area contributed by atoms with Gasteiger partial charge in [0.25, 0.3) is 0 Å². The molecular weight excluding hydrogens is 445 g/mol. The molecule has 7 nitrogen and oxygen atoms in total. The first-order valence-corrected chi connectivity index (χ1v) is 11.5. The number of amides is 2. The highest BCUT2D eigenvalue weighted by atomic mass is 35.5. The molecule has 1 aromatic carbocycles. The monoisotopic (exact) mass is 477 g/mol. The number of halogens is 2. The number of aromatic nitrogens is 2. The summed E-state index contributed by atoms with van der Waals surface area (Å²) in [5, 5.41) is 3.22. The van der Waals surface area contributed by atoms with Gasteiger partial charge < -0.3 is 19.7 Å². The molecular formula is C24H33ClFN5O2. The molecule has 0 fully saturated rings. The van der Waals surface area contributed by atoms with Crippen LogP contribution in [0.1, 0.15) is 38.6 Å². The van der Waals surface area contributed by atoms with Gasteiger partial charge in [0.1, 0.15) is 17.7 Å². The van der Waals surface area contributed by atoms with E-state index in [1.54, 1.807) is 26.2 Å². The largest absolute Gasteiger partial charge is 0.347 e. The first-order chi connectivity index (χ1) is 15.4. The Morgan fingerprint density at radius 2 is 1.97 bits per heavy atom. The summed E-state index contributed by atoms with van der Waals surface area (Å²) < 4.78 is 16.8. The number of likely N-dealkylation sites (N-methyl/N-ethyl adjacent to an activating group) is 1. The van der Waals surface area contributed by atoms with E-state index in [1.165, 1.54) is 11.0 Å². The lowest BCUT2D eigenvalue weighted by Crippen LogP contribution is -2.53. The van der Waals surface area contributed by atoms with Crippen molar-refractivity contribution in [3.8, 4) is 11.4 Å². The molecule has 1 atom stereocenters. The molecule has 3 rings (SSSR count). The van der Waals surface area contributed by atoms with E-state index in [2.05, 4.69) is 10.2 Å². The zero-order chi connectivity index (χ0) is 24.5. The Morgan fingerprint density at radius 3 is 2.58 bits per heavy atom. The van der Waals surface area contributed by atoms with Crippen LogP contribution in [0.2, 0.25) is 5.02 Å². The summed E-state index contributed by atoms with van der Waals surface area (Å²) in [5.41, 5.74) is 1.38. The van der Waals surface area contributed by atoms with Gasteiger partial charge >= 0.3 is 0 Å². The molecule has 1 aliphatic rings. The van der Waals surface area contributed by atoms with Gasteiger partial charge in [0.2, 0.25) is 11.8 Å². The summed E-state index contributed by atoms with van der Waals surface area (Å²) >= 11 is 5.94. The van der Waals surface area contributed by atoms with Crippen LogP contribution < -0.4 is 5.32 Å². The van der Waals surface area contributed by atoms with Crippen LogP contribution in [0.25, 0.3) is 11.4 Å². The van der Waals surface area contributed by atoms with Crippen molar-refractivity contribution in [2.24, 2.45) is 5.41 Å². The number of nitrogens with zero attached hydrogens (tertiary/aromatic N) is 4. The quantitative estimate of drug-likeness (QED) is 0.717. The lowest BCUT2D eigenvalue weighted by molar-refractivity contribution is -0.137. The smallest absolute Gasteiger partial charge is 0.245 e. The molecule has 9 heteroatoms. The molecule has 33 heavy (non-hydrogen) atoms. The summed E-state index contributed by atoms with van der Waals surface area (Å²) in [4.78, 5) is 34.1. The zero-order valence-electron chi connectivity index (χ0n) is 20.2. The normalized spacial score (nSPS) is 15.5. The van der Waals surface area contributed by atoms with E-state index in [0.29, 0.717) is 35.2 Å². The topological polar surface area (TPSA) is 70.5 Å². The first kappa shape index (κ1) is 25.2. The van der Waals surface area contributed by atoms with Crippen LogP contribution in [0.4, 0.5) is 4.39 Å². The van der Waals surface area contributed by atoms with Crippen molar-refractivity contribution in [1.82, 2.24) is 24.7 Å². The third-order valence-electron chi connectivity index (χ3n) is 5.86. The minimum Gasteiger partial charge on any atom is -0.347 e. The number of nitrogens with one attached hydrogen (secondary N) is 1.